The Hall–Kier alpha value is -2.55. The summed E-state index contributed by atoms with van der Waals surface area (Å²) in [6.07, 6.45) is 3.74. The number of benzene rings is 2. The Balaban J connectivity index is 1.77. The monoisotopic (exact) mass is 277 g/mol. The number of hydrogen-bond acceptors (Lipinski definition) is 2. The molecule has 0 saturated heterocycles. The van der Waals surface area contributed by atoms with Crippen molar-refractivity contribution >= 4 is 5.69 Å². The zero-order chi connectivity index (χ0) is 14.7. The normalized spacial score (nSPS) is 10.6. The number of nitrogens with one attached hydrogen (secondary N) is 1. The third-order valence-corrected chi connectivity index (χ3v) is 3.81. The van der Waals surface area contributed by atoms with Crippen LogP contribution in [0.3, 0.4) is 0 Å². The molecular weight excluding hydrogens is 258 g/mol. The van der Waals surface area contributed by atoms with E-state index in [4.69, 9.17) is 0 Å². The molecule has 0 aliphatic heterocycles. The molecule has 0 aliphatic rings. The van der Waals surface area contributed by atoms with Crippen molar-refractivity contribution in [2.24, 2.45) is 0 Å². The fourth-order valence-electron chi connectivity index (χ4n) is 2.38. The predicted octanol–water partition coefficient (Wildman–Crippen LogP) is 4.10. The number of nitrogens with zero attached hydrogens (tertiary/aromatic N) is 2. The number of anilines is 1. The van der Waals surface area contributed by atoms with E-state index in [0.717, 1.165) is 17.9 Å². The van der Waals surface area contributed by atoms with Crippen LogP contribution in [-0.4, -0.2) is 9.78 Å². The summed E-state index contributed by atoms with van der Waals surface area (Å²) in [6.45, 7) is 5.15. The smallest absolute Gasteiger partial charge is 0.0666 e. The average Bonchev–Trinajstić information content (AvgIpc) is 3.03. The minimum absolute atomic E-state index is 0.829. The van der Waals surface area contributed by atoms with Crippen molar-refractivity contribution in [1.29, 1.82) is 0 Å². The van der Waals surface area contributed by atoms with Gasteiger partial charge in [-0.25, -0.2) is 4.68 Å². The lowest BCUT2D eigenvalue weighted by molar-refractivity contribution is 0.880. The van der Waals surface area contributed by atoms with Gasteiger partial charge in [0.25, 0.3) is 0 Å². The van der Waals surface area contributed by atoms with E-state index in [2.05, 4.69) is 60.7 Å². The van der Waals surface area contributed by atoms with E-state index in [1.54, 1.807) is 6.20 Å². The minimum Gasteiger partial charge on any atom is -0.381 e. The largest absolute Gasteiger partial charge is 0.381 e. The van der Waals surface area contributed by atoms with Gasteiger partial charge in [0.15, 0.2) is 0 Å². The molecule has 0 bridgehead atoms. The molecule has 2 aromatic carbocycles. The first-order valence-corrected chi connectivity index (χ1v) is 7.13. The van der Waals surface area contributed by atoms with Gasteiger partial charge in [-0.1, -0.05) is 24.3 Å². The molecule has 3 nitrogen and oxygen atoms in total. The highest BCUT2D eigenvalue weighted by Gasteiger charge is 2.02. The molecular formula is C18H19N3. The predicted molar refractivity (Wildman–Crippen MR) is 86.8 cm³/mol. The van der Waals surface area contributed by atoms with E-state index in [9.17, 15) is 0 Å². The molecule has 0 amide bonds. The molecule has 1 aromatic heterocycles. The highest BCUT2D eigenvalue weighted by atomic mass is 15.3. The number of rotatable bonds is 4. The van der Waals surface area contributed by atoms with Gasteiger partial charge in [-0.15, -0.1) is 0 Å². The first-order valence-electron chi connectivity index (χ1n) is 7.13. The second kappa shape index (κ2) is 5.83. The summed E-state index contributed by atoms with van der Waals surface area (Å²) in [5, 5.41) is 7.75. The lowest BCUT2D eigenvalue weighted by atomic mass is 10.0. The highest BCUT2D eigenvalue weighted by molar-refractivity contribution is 5.51. The van der Waals surface area contributed by atoms with Crippen LogP contribution < -0.4 is 5.32 Å². The topological polar surface area (TPSA) is 29.9 Å². The average molecular weight is 277 g/mol. The molecule has 1 heterocycles. The van der Waals surface area contributed by atoms with Crippen LogP contribution in [0.5, 0.6) is 0 Å². The Morgan fingerprint density at radius 2 is 1.90 bits per heavy atom. The van der Waals surface area contributed by atoms with Gasteiger partial charge in [0.05, 0.1) is 5.69 Å². The first-order chi connectivity index (χ1) is 10.2. The second-order valence-electron chi connectivity index (χ2n) is 5.21. The van der Waals surface area contributed by atoms with E-state index in [1.165, 1.54) is 16.7 Å². The summed E-state index contributed by atoms with van der Waals surface area (Å²) in [6, 6.07) is 16.6. The first kappa shape index (κ1) is 13.4. The number of aromatic nitrogens is 2. The molecule has 3 heteroatoms. The molecule has 3 aromatic rings. The van der Waals surface area contributed by atoms with Crippen LogP contribution in [-0.2, 0) is 6.54 Å². The Morgan fingerprint density at radius 1 is 1.05 bits per heavy atom. The highest BCUT2D eigenvalue weighted by Crippen LogP contribution is 2.17. The third kappa shape index (κ3) is 2.97. The van der Waals surface area contributed by atoms with Gasteiger partial charge in [0, 0.05) is 24.6 Å². The van der Waals surface area contributed by atoms with Crippen molar-refractivity contribution in [3.05, 3.63) is 77.6 Å². The summed E-state index contributed by atoms with van der Waals surface area (Å²) < 4.78 is 1.86. The third-order valence-electron chi connectivity index (χ3n) is 3.81. The molecule has 0 radical (unpaired) electrons. The van der Waals surface area contributed by atoms with Gasteiger partial charge >= 0.3 is 0 Å². The fraction of sp³-hybridized carbons (Fsp3) is 0.167. The van der Waals surface area contributed by atoms with Crippen LogP contribution in [0.15, 0.2) is 60.9 Å². The zero-order valence-electron chi connectivity index (χ0n) is 12.4. The van der Waals surface area contributed by atoms with Crippen LogP contribution in [0.25, 0.3) is 5.69 Å². The maximum Gasteiger partial charge on any atom is 0.0666 e. The lowest BCUT2D eigenvalue weighted by Gasteiger charge is -2.12. The van der Waals surface area contributed by atoms with Crippen molar-refractivity contribution in [3.63, 3.8) is 0 Å². The molecule has 0 saturated carbocycles. The van der Waals surface area contributed by atoms with Crippen LogP contribution in [0, 0.1) is 13.8 Å². The molecule has 1 N–H and O–H groups in total. The zero-order valence-corrected chi connectivity index (χ0v) is 12.4. The standard InChI is InChI=1S/C18H19N3/c1-14-6-3-7-16(15(14)2)13-19-17-8-4-9-18(12-17)21-11-5-10-20-21/h3-12,19H,13H2,1-2H3. The van der Waals surface area contributed by atoms with E-state index >= 15 is 0 Å². The molecule has 0 aliphatic carbocycles. The van der Waals surface area contributed by atoms with Crippen molar-refractivity contribution in [1.82, 2.24) is 9.78 Å². The van der Waals surface area contributed by atoms with Crippen LogP contribution in [0.4, 0.5) is 5.69 Å². The minimum atomic E-state index is 0.829. The van der Waals surface area contributed by atoms with Gasteiger partial charge in [-0.05, 0) is 54.8 Å². The Labute approximate surface area is 125 Å². The van der Waals surface area contributed by atoms with Crippen molar-refractivity contribution in [2.45, 2.75) is 20.4 Å². The van der Waals surface area contributed by atoms with E-state index < -0.39 is 0 Å². The van der Waals surface area contributed by atoms with E-state index in [1.807, 2.05) is 23.0 Å². The molecule has 3 rings (SSSR count). The van der Waals surface area contributed by atoms with Crippen LogP contribution in [0.1, 0.15) is 16.7 Å². The Morgan fingerprint density at radius 3 is 2.71 bits per heavy atom. The van der Waals surface area contributed by atoms with E-state index in [0.29, 0.717) is 0 Å². The Bertz CT molecular complexity index is 730. The van der Waals surface area contributed by atoms with Gasteiger partial charge in [-0.2, -0.15) is 5.10 Å². The SMILES string of the molecule is Cc1cccc(CNc2cccc(-n3cccn3)c2)c1C. The summed E-state index contributed by atoms with van der Waals surface area (Å²) in [5.74, 6) is 0. The van der Waals surface area contributed by atoms with Crippen molar-refractivity contribution in [2.75, 3.05) is 5.32 Å². The summed E-state index contributed by atoms with van der Waals surface area (Å²) in [4.78, 5) is 0. The molecule has 106 valence electrons. The van der Waals surface area contributed by atoms with Gasteiger partial charge in [0.1, 0.15) is 0 Å². The number of aryl methyl sites for hydroxylation is 1. The molecule has 21 heavy (non-hydrogen) atoms. The van der Waals surface area contributed by atoms with Crippen molar-refractivity contribution < 1.29 is 0 Å². The molecule has 0 unspecified atom stereocenters. The number of hydrogen-bond donors (Lipinski definition) is 1. The summed E-state index contributed by atoms with van der Waals surface area (Å²) >= 11 is 0. The summed E-state index contributed by atoms with van der Waals surface area (Å²) in [7, 11) is 0. The lowest BCUT2D eigenvalue weighted by Crippen LogP contribution is -2.03. The summed E-state index contributed by atoms with van der Waals surface area (Å²) in [5.41, 5.74) is 6.18. The second-order valence-corrected chi connectivity index (χ2v) is 5.21. The Kier molecular flexibility index (Phi) is 3.73. The van der Waals surface area contributed by atoms with Gasteiger partial charge in [0.2, 0.25) is 0 Å². The van der Waals surface area contributed by atoms with Gasteiger partial charge in [-0.3, -0.25) is 0 Å². The molecule has 0 fully saturated rings. The molecule has 0 atom stereocenters. The molecule has 0 spiro atoms. The van der Waals surface area contributed by atoms with Crippen molar-refractivity contribution in [3.8, 4) is 5.69 Å². The fourth-order valence-corrected chi connectivity index (χ4v) is 2.38. The maximum atomic E-state index is 4.26. The van der Waals surface area contributed by atoms with E-state index in [-0.39, 0.29) is 0 Å². The van der Waals surface area contributed by atoms with Crippen LogP contribution in [0.2, 0.25) is 0 Å². The van der Waals surface area contributed by atoms with Gasteiger partial charge < -0.3 is 5.32 Å². The van der Waals surface area contributed by atoms with Crippen LogP contribution >= 0.6 is 0 Å². The quantitative estimate of drug-likeness (QED) is 0.778. The maximum absolute atomic E-state index is 4.26.